The first-order chi connectivity index (χ1) is 9.19. The predicted octanol–water partition coefficient (Wildman–Crippen LogP) is 1.35. The van der Waals surface area contributed by atoms with E-state index in [1.165, 1.54) is 12.8 Å². The number of nitrogen functional groups attached to an aromatic ring is 1. The lowest BCUT2D eigenvalue weighted by atomic mass is 10.4. The van der Waals surface area contributed by atoms with Gasteiger partial charge in [-0.15, -0.1) is 0 Å². The lowest BCUT2D eigenvalue weighted by molar-refractivity contribution is 0.131. The fraction of sp³-hybridized carbons (Fsp3) is 0.692. The van der Waals surface area contributed by atoms with Crippen molar-refractivity contribution in [1.82, 2.24) is 9.97 Å². The summed E-state index contributed by atoms with van der Waals surface area (Å²) in [5.74, 6) is 2.67. The molecule has 3 N–H and O–H groups in total. The Kier molecular flexibility index (Phi) is 4.79. The maximum Gasteiger partial charge on any atom is 0.223 e. The molecule has 106 valence electrons. The molecule has 0 amide bonds. The molecular formula is C13H23N5O. The summed E-state index contributed by atoms with van der Waals surface area (Å²) in [6.45, 7) is 5.24. The lowest BCUT2D eigenvalue weighted by Gasteiger charge is -2.19. The number of hydrogen-bond acceptors (Lipinski definition) is 6. The zero-order chi connectivity index (χ0) is 13.7. The third-order valence-corrected chi connectivity index (χ3v) is 3.10. The van der Waals surface area contributed by atoms with Crippen molar-refractivity contribution in [1.29, 1.82) is 0 Å². The molecule has 0 spiro atoms. The summed E-state index contributed by atoms with van der Waals surface area (Å²) in [6.07, 6.45) is 2.65. The molecule has 0 saturated heterocycles. The average molecular weight is 265 g/mol. The molecule has 0 aromatic carbocycles. The standard InChI is InChI=1S/C13H23N5O/c1-3-15-11-8-12(17-13(14)16-11)18(2)6-7-19-9-10-4-5-10/h8,10H,3-7,9H2,1-2H3,(H3,14,15,16,17). The quantitative estimate of drug-likeness (QED) is 0.691. The van der Waals surface area contributed by atoms with Gasteiger partial charge in [-0.2, -0.15) is 9.97 Å². The van der Waals surface area contributed by atoms with E-state index in [1.54, 1.807) is 0 Å². The number of nitrogens with one attached hydrogen (secondary N) is 1. The van der Waals surface area contributed by atoms with Crippen molar-refractivity contribution < 1.29 is 4.74 Å². The van der Waals surface area contributed by atoms with Crippen LogP contribution in [0.3, 0.4) is 0 Å². The van der Waals surface area contributed by atoms with Crippen molar-refractivity contribution in [3.63, 3.8) is 0 Å². The molecule has 0 bridgehead atoms. The highest BCUT2D eigenvalue weighted by atomic mass is 16.5. The highest BCUT2D eigenvalue weighted by Gasteiger charge is 2.21. The van der Waals surface area contributed by atoms with Gasteiger partial charge in [0.15, 0.2) is 0 Å². The number of rotatable bonds is 8. The molecule has 0 unspecified atom stereocenters. The largest absolute Gasteiger partial charge is 0.379 e. The third-order valence-electron chi connectivity index (χ3n) is 3.10. The van der Waals surface area contributed by atoms with E-state index in [-0.39, 0.29) is 0 Å². The molecule has 0 radical (unpaired) electrons. The molecule has 1 saturated carbocycles. The van der Waals surface area contributed by atoms with E-state index < -0.39 is 0 Å². The lowest BCUT2D eigenvalue weighted by Crippen LogP contribution is -2.24. The zero-order valence-electron chi connectivity index (χ0n) is 11.7. The Morgan fingerprint density at radius 2 is 2.26 bits per heavy atom. The molecule has 1 aromatic heterocycles. The first kappa shape index (κ1) is 13.9. The van der Waals surface area contributed by atoms with E-state index in [4.69, 9.17) is 10.5 Å². The van der Waals surface area contributed by atoms with Gasteiger partial charge in [0.2, 0.25) is 5.95 Å². The van der Waals surface area contributed by atoms with Gasteiger partial charge in [0.05, 0.1) is 6.61 Å². The maximum absolute atomic E-state index is 5.71. The number of aromatic nitrogens is 2. The molecule has 6 heteroatoms. The minimum absolute atomic E-state index is 0.291. The Morgan fingerprint density at radius 3 is 2.95 bits per heavy atom. The second-order valence-corrected chi connectivity index (χ2v) is 4.94. The van der Waals surface area contributed by atoms with Crippen molar-refractivity contribution in [3.05, 3.63) is 6.07 Å². The van der Waals surface area contributed by atoms with E-state index in [2.05, 4.69) is 15.3 Å². The second kappa shape index (κ2) is 6.56. The molecule has 1 aromatic rings. The van der Waals surface area contributed by atoms with E-state index in [1.807, 2.05) is 24.9 Å². The van der Waals surface area contributed by atoms with Gasteiger partial charge >= 0.3 is 0 Å². The summed E-state index contributed by atoms with van der Waals surface area (Å²) < 4.78 is 5.63. The number of nitrogens with two attached hydrogens (primary N) is 1. The van der Waals surface area contributed by atoms with Crippen LogP contribution in [0.2, 0.25) is 0 Å². The summed E-state index contributed by atoms with van der Waals surface area (Å²) in [6, 6.07) is 1.90. The molecule has 0 atom stereocenters. The van der Waals surface area contributed by atoms with Crippen molar-refractivity contribution >= 4 is 17.6 Å². The Morgan fingerprint density at radius 1 is 1.47 bits per heavy atom. The van der Waals surface area contributed by atoms with Crippen LogP contribution in [0.5, 0.6) is 0 Å². The molecule has 1 aliphatic rings. The maximum atomic E-state index is 5.71. The van der Waals surface area contributed by atoms with Crippen LogP contribution in [-0.2, 0) is 4.74 Å². The van der Waals surface area contributed by atoms with Gasteiger partial charge in [-0.1, -0.05) is 0 Å². The number of hydrogen-bond donors (Lipinski definition) is 2. The van der Waals surface area contributed by atoms with Crippen LogP contribution in [0.4, 0.5) is 17.6 Å². The van der Waals surface area contributed by atoms with Crippen LogP contribution in [-0.4, -0.2) is 43.3 Å². The van der Waals surface area contributed by atoms with Crippen molar-refractivity contribution in [2.45, 2.75) is 19.8 Å². The smallest absolute Gasteiger partial charge is 0.223 e. The molecule has 1 heterocycles. The van der Waals surface area contributed by atoms with Gasteiger partial charge in [0, 0.05) is 32.8 Å². The summed E-state index contributed by atoms with van der Waals surface area (Å²) >= 11 is 0. The van der Waals surface area contributed by atoms with Gasteiger partial charge < -0.3 is 20.7 Å². The molecule has 2 rings (SSSR count). The van der Waals surface area contributed by atoms with Crippen LogP contribution in [0.15, 0.2) is 6.07 Å². The Hall–Kier alpha value is -1.56. The van der Waals surface area contributed by atoms with E-state index in [0.717, 1.165) is 37.3 Å². The normalized spacial score (nSPS) is 14.4. The molecule has 1 aliphatic carbocycles. The van der Waals surface area contributed by atoms with Crippen molar-refractivity contribution in [2.75, 3.05) is 49.3 Å². The van der Waals surface area contributed by atoms with Gasteiger partial charge in [-0.3, -0.25) is 0 Å². The molecule has 0 aliphatic heterocycles. The number of anilines is 3. The van der Waals surface area contributed by atoms with Crippen LogP contribution in [0.1, 0.15) is 19.8 Å². The summed E-state index contributed by atoms with van der Waals surface area (Å²) in [4.78, 5) is 10.4. The zero-order valence-corrected chi connectivity index (χ0v) is 11.7. The number of ether oxygens (including phenoxy) is 1. The fourth-order valence-electron chi connectivity index (χ4n) is 1.77. The monoisotopic (exact) mass is 265 g/mol. The van der Waals surface area contributed by atoms with Crippen LogP contribution >= 0.6 is 0 Å². The number of nitrogens with zero attached hydrogens (tertiary/aromatic N) is 3. The van der Waals surface area contributed by atoms with E-state index in [9.17, 15) is 0 Å². The summed E-state index contributed by atoms with van der Waals surface area (Å²) in [7, 11) is 1.98. The Balaban J connectivity index is 1.83. The first-order valence-corrected chi connectivity index (χ1v) is 6.86. The van der Waals surface area contributed by atoms with Crippen LogP contribution in [0, 0.1) is 5.92 Å². The topological polar surface area (TPSA) is 76.3 Å². The van der Waals surface area contributed by atoms with E-state index >= 15 is 0 Å². The van der Waals surface area contributed by atoms with Gasteiger partial charge in [-0.25, -0.2) is 0 Å². The highest BCUT2D eigenvalue weighted by Crippen LogP contribution is 2.28. The summed E-state index contributed by atoms with van der Waals surface area (Å²) in [5.41, 5.74) is 5.71. The molecule has 1 fully saturated rings. The Labute approximate surface area is 114 Å². The number of likely N-dealkylation sites (N-methyl/N-ethyl adjacent to an activating group) is 1. The SMILES string of the molecule is CCNc1cc(N(C)CCOCC2CC2)nc(N)n1. The Bertz CT molecular complexity index is 408. The molecular weight excluding hydrogens is 242 g/mol. The third kappa shape index (κ3) is 4.55. The predicted molar refractivity (Wildman–Crippen MR) is 77.4 cm³/mol. The fourth-order valence-corrected chi connectivity index (χ4v) is 1.77. The molecule has 6 nitrogen and oxygen atoms in total. The van der Waals surface area contributed by atoms with Gasteiger partial charge in [-0.05, 0) is 25.7 Å². The highest BCUT2D eigenvalue weighted by molar-refractivity contribution is 5.52. The minimum atomic E-state index is 0.291. The second-order valence-electron chi connectivity index (χ2n) is 4.94. The molecule has 19 heavy (non-hydrogen) atoms. The van der Waals surface area contributed by atoms with Crippen LogP contribution in [0.25, 0.3) is 0 Å². The summed E-state index contributed by atoms with van der Waals surface area (Å²) in [5, 5.41) is 3.15. The minimum Gasteiger partial charge on any atom is -0.379 e. The average Bonchev–Trinajstić information content (AvgIpc) is 3.18. The van der Waals surface area contributed by atoms with Crippen molar-refractivity contribution in [3.8, 4) is 0 Å². The van der Waals surface area contributed by atoms with Gasteiger partial charge in [0.25, 0.3) is 0 Å². The van der Waals surface area contributed by atoms with E-state index in [0.29, 0.717) is 12.6 Å². The first-order valence-electron chi connectivity index (χ1n) is 6.86. The van der Waals surface area contributed by atoms with Crippen LogP contribution < -0.4 is 16.0 Å². The van der Waals surface area contributed by atoms with Crippen molar-refractivity contribution in [2.24, 2.45) is 5.92 Å². The van der Waals surface area contributed by atoms with Gasteiger partial charge in [0.1, 0.15) is 11.6 Å².